The van der Waals surface area contributed by atoms with Crippen LogP contribution in [-0.4, -0.2) is 11.1 Å². The number of nitrogens with two attached hydrogens (primary N) is 1. The molecule has 0 unspecified atom stereocenters. The molecular formula is C13H9Cl2NO3. The van der Waals surface area contributed by atoms with Gasteiger partial charge in [0.15, 0.2) is 0 Å². The van der Waals surface area contributed by atoms with Gasteiger partial charge in [0.25, 0.3) is 0 Å². The first kappa shape index (κ1) is 13.5. The Morgan fingerprint density at radius 1 is 1.16 bits per heavy atom. The average Bonchev–Trinajstić information content (AvgIpc) is 2.34. The maximum absolute atomic E-state index is 11.0. The molecule has 4 nitrogen and oxygen atoms in total. The second-order valence-electron chi connectivity index (χ2n) is 3.73. The Bertz CT molecular complexity index is 644. The summed E-state index contributed by atoms with van der Waals surface area (Å²) < 4.78 is 5.50. The van der Waals surface area contributed by atoms with Gasteiger partial charge in [-0.3, -0.25) is 0 Å². The molecule has 0 amide bonds. The third kappa shape index (κ3) is 3.10. The fourth-order valence-corrected chi connectivity index (χ4v) is 1.92. The molecule has 0 radical (unpaired) electrons. The Hall–Kier alpha value is -1.91. The Labute approximate surface area is 119 Å². The van der Waals surface area contributed by atoms with Crippen molar-refractivity contribution >= 4 is 34.9 Å². The van der Waals surface area contributed by atoms with Crippen molar-refractivity contribution in [3.8, 4) is 11.5 Å². The van der Waals surface area contributed by atoms with Crippen LogP contribution in [0, 0.1) is 0 Å². The van der Waals surface area contributed by atoms with E-state index in [0.29, 0.717) is 21.5 Å². The number of carbonyl (C=O) groups is 1. The van der Waals surface area contributed by atoms with Crippen molar-refractivity contribution in [3.63, 3.8) is 0 Å². The molecule has 0 aliphatic heterocycles. The van der Waals surface area contributed by atoms with Crippen molar-refractivity contribution < 1.29 is 14.6 Å². The van der Waals surface area contributed by atoms with Crippen molar-refractivity contribution in [3.05, 3.63) is 52.0 Å². The molecule has 98 valence electrons. The van der Waals surface area contributed by atoms with Gasteiger partial charge in [-0.1, -0.05) is 23.2 Å². The second-order valence-corrected chi connectivity index (χ2v) is 4.57. The van der Waals surface area contributed by atoms with Gasteiger partial charge in [0.2, 0.25) is 0 Å². The van der Waals surface area contributed by atoms with Crippen molar-refractivity contribution in [2.75, 3.05) is 5.73 Å². The highest BCUT2D eigenvalue weighted by molar-refractivity contribution is 6.35. The van der Waals surface area contributed by atoms with Crippen LogP contribution in [0.3, 0.4) is 0 Å². The molecule has 0 aliphatic rings. The predicted molar refractivity (Wildman–Crippen MR) is 74.3 cm³/mol. The van der Waals surface area contributed by atoms with Crippen LogP contribution in [-0.2, 0) is 0 Å². The van der Waals surface area contributed by atoms with E-state index in [0.717, 1.165) is 0 Å². The standard InChI is InChI=1S/C13H9Cl2NO3/c14-7-1-4-12(10(15)5-7)19-8-2-3-11(16)9(6-8)13(17)18/h1-6H,16H2,(H,17,18). The number of carboxylic acid groups (broad SMARTS) is 1. The molecule has 0 aromatic heterocycles. The maximum Gasteiger partial charge on any atom is 0.337 e. The summed E-state index contributed by atoms with van der Waals surface area (Å²) in [5.74, 6) is -0.409. The number of hydrogen-bond donors (Lipinski definition) is 2. The topological polar surface area (TPSA) is 72.5 Å². The number of halogens is 2. The minimum atomic E-state index is -1.12. The third-order valence-electron chi connectivity index (χ3n) is 2.38. The summed E-state index contributed by atoms with van der Waals surface area (Å²) in [7, 11) is 0. The van der Waals surface area contributed by atoms with Gasteiger partial charge in [-0.2, -0.15) is 0 Å². The maximum atomic E-state index is 11.0. The van der Waals surface area contributed by atoms with E-state index < -0.39 is 5.97 Å². The van der Waals surface area contributed by atoms with Crippen LogP contribution in [0.25, 0.3) is 0 Å². The predicted octanol–water partition coefficient (Wildman–Crippen LogP) is 4.07. The Kier molecular flexibility index (Phi) is 3.83. The lowest BCUT2D eigenvalue weighted by molar-refractivity contribution is 0.0697. The largest absolute Gasteiger partial charge is 0.478 e. The smallest absolute Gasteiger partial charge is 0.337 e. The molecule has 0 fully saturated rings. The number of anilines is 1. The molecule has 0 saturated heterocycles. The summed E-state index contributed by atoms with van der Waals surface area (Å²) >= 11 is 11.7. The first-order valence-electron chi connectivity index (χ1n) is 5.23. The number of carboxylic acids is 1. The first-order chi connectivity index (χ1) is 8.97. The number of hydrogen-bond acceptors (Lipinski definition) is 3. The quantitative estimate of drug-likeness (QED) is 0.838. The molecule has 0 spiro atoms. The molecule has 2 aromatic carbocycles. The van der Waals surface area contributed by atoms with Gasteiger partial charge in [-0.15, -0.1) is 0 Å². The molecule has 0 bridgehead atoms. The zero-order chi connectivity index (χ0) is 14.0. The molecule has 0 atom stereocenters. The van der Waals surface area contributed by atoms with Gasteiger partial charge >= 0.3 is 5.97 Å². The van der Waals surface area contributed by atoms with E-state index in [2.05, 4.69) is 0 Å². The Morgan fingerprint density at radius 2 is 1.89 bits per heavy atom. The van der Waals surface area contributed by atoms with E-state index in [9.17, 15) is 4.79 Å². The van der Waals surface area contributed by atoms with Crippen LogP contribution in [0.4, 0.5) is 5.69 Å². The van der Waals surface area contributed by atoms with Crippen LogP contribution < -0.4 is 10.5 Å². The molecule has 2 aromatic rings. The molecule has 0 saturated carbocycles. The fourth-order valence-electron chi connectivity index (χ4n) is 1.47. The van der Waals surface area contributed by atoms with Gasteiger partial charge in [0.05, 0.1) is 10.6 Å². The lowest BCUT2D eigenvalue weighted by atomic mass is 10.2. The molecule has 19 heavy (non-hydrogen) atoms. The number of nitrogen functional groups attached to an aromatic ring is 1. The number of rotatable bonds is 3. The Morgan fingerprint density at radius 3 is 2.53 bits per heavy atom. The molecule has 0 heterocycles. The van der Waals surface area contributed by atoms with Gasteiger partial charge < -0.3 is 15.6 Å². The molecule has 0 aliphatic carbocycles. The minimum absolute atomic E-state index is 0.0254. The van der Waals surface area contributed by atoms with Crippen LogP contribution in [0.2, 0.25) is 10.0 Å². The van der Waals surface area contributed by atoms with Gasteiger partial charge in [0.1, 0.15) is 11.5 Å². The van der Waals surface area contributed by atoms with Crippen molar-refractivity contribution in [2.24, 2.45) is 0 Å². The molecule has 3 N–H and O–H groups in total. The highest BCUT2D eigenvalue weighted by atomic mass is 35.5. The van der Waals surface area contributed by atoms with Gasteiger partial charge in [-0.05, 0) is 36.4 Å². The van der Waals surface area contributed by atoms with E-state index in [1.165, 1.54) is 18.2 Å². The number of aromatic carboxylic acids is 1. The molecule has 2 rings (SSSR count). The summed E-state index contributed by atoms with van der Waals surface area (Å²) in [6, 6.07) is 9.12. The lowest BCUT2D eigenvalue weighted by Gasteiger charge is -2.09. The van der Waals surface area contributed by atoms with Gasteiger partial charge in [-0.25, -0.2) is 4.79 Å². The number of benzene rings is 2. The summed E-state index contributed by atoms with van der Waals surface area (Å²) in [6.07, 6.45) is 0. The second kappa shape index (κ2) is 5.38. The van der Waals surface area contributed by atoms with Crippen LogP contribution in [0.5, 0.6) is 11.5 Å². The lowest BCUT2D eigenvalue weighted by Crippen LogP contribution is -2.02. The highest BCUT2D eigenvalue weighted by Gasteiger charge is 2.11. The van der Waals surface area contributed by atoms with Crippen LogP contribution >= 0.6 is 23.2 Å². The Balaban J connectivity index is 2.33. The van der Waals surface area contributed by atoms with E-state index in [-0.39, 0.29) is 11.3 Å². The van der Waals surface area contributed by atoms with Crippen molar-refractivity contribution in [1.29, 1.82) is 0 Å². The van der Waals surface area contributed by atoms with Crippen LogP contribution in [0.1, 0.15) is 10.4 Å². The number of ether oxygens (including phenoxy) is 1. The SMILES string of the molecule is Nc1ccc(Oc2ccc(Cl)cc2Cl)cc1C(=O)O. The summed E-state index contributed by atoms with van der Waals surface area (Å²) in [5.41, 5.74) is 5.70. The third-order valence-corrected chi connectivity index (χ3v) is 2.91. The zero-order valence-electron chi connectivity index (χ0n) is 9.56. The first-order valence-corrected chi connectivity index (χ1v) is 5.98. The van der Waals surface area contributed by atoms with Crippen molar-refractivity contribution in [1.82, 2.24) is 0 Å². The van der Waals surface area contributed by atoms with Gasteiger partial charge in [0, 0.05) is 10.7 Å². The molecule has 6 heteroatoms. The molecular weight excluding hydrogens is 289 g/mol. The fraction of sp³-hybridized carbons (Fsp3) is 0. The van der Waals surface area contributed by atoms with E-state index in [4.69, 9.17) is 38.8 Å². The summed E-state index contributed by atoms with van der Waals surface area (Å²) in [5, 5.41) is 9.79. The zero-order valence-corrected chi connectivity index (χ0v) is 11.1. The van der Waals surface area contributed by atoms with Crippen LogP contribution in [0.15, 0.2) is 36.4 Å². The van der Waals surface area contributed by atoms with Crippen molar-refractivity contribution in [2.45, 2.75) is 0 Å². The average molecular weight is 298 g/mol. The van der Waals surface area contributed by atoms with E-state index >= 15 is 0 Å². The monoisotopic (exact) mass is 297 g/mol. The summed E-state index contributed by atoms with van der Waals surface area (Å²) in [4.78, 5) is 11.0. The summed E-state index contributed by atoms with van der Waals surface area (Å²) in [6.45, 7) is 0. The highest BCUT2D eigenvalue weighted by Crippen LogP contribution is 2.32. The van der Waals surface area contributed by atoms with E-state index in [1.54, 1.807) is 18.2 Å². The normalized spacial score (nSPS) is 10.2. The minimum Gasteiger partial charge on any atom is -0.478 e. The van der Waals surface area contributed by atoms with E-state index in [1.807, 2.05) is 0 Å².